The number of fused-ring (bicyclic) bond motifs is 1. The number of non-ortho nitro benzene ring substituents is 1. The second kappa shape index (κ2) is 9.74. The SMILES string of the molecule is CO[C@@]1(/N=C/c2ccc([N+](=O)[O-])cc2)C(=O)N2C(P(=O)(OC)OC)=C(COC(C)=O)CS[C@@H]21. The molecule has 0 aliphatic carbocycles. The molecule has 0 N–H and O–H groups in total. The fraction of sp³-hybridized carbons (Fsp3) is 0.421. The molecule has 0 saturated carbocycles. The first-order valence-electron chi connectivity index (χ1n) is 9.51. The Morgan fingerprint density at radius 2 is 1.97 bits per heavy atom. The van der Waals surface area contributed by atoms with E-state index in [9.17, 15) is 24.3 Å². The topological polar surface area (TPSA) is 147 Å². The molecule has 178 valence electrons. The highest BCUT2D eigenvalue weighted by Crippen LogP contribution is 2.63. The number of hydrogen-bond acceptors (Lipinski definition) is 11. The minimum Gasteiger partial charge on any atom is -0.461 e. The van der Waals surface area contributed by atoms with Crippen molar-refractivity contribution in [2.75, 3.05) is 33.7 Å². The molecular formula is C19H22N3O9PS. The Kier molecular flexibility index (Phi) is 7.39. The summed E-state index contributed by atoms with van der Waals surface area (Å²) in [7, 11) is -0.191. The van der Waals surface area contributed by atoms with E-state index in [1.165, 1.54) is 75.4 Å². The largest absolute Gasteiger partial charge is 0.461 e. The minimum atomic E-state index is -3.90. The summed E-state index contributed by atoms with van der Waals surface area (Å²) >= 11 is 1.29. The first-order valence-corrected chi connectivity index (χ1v) is 12.1. The Labute approximate surface area is 193 Å². The normalized spacial score (nSPS) is 22.8. The van der Waals surface area contributed by atoms with Crippen molar-refractivity contribution >= 4 is 43.1 Å². The van der Waals surface area contributed by atoms with Crippen LogP contribution in [0, 0.1) is 10.1 Å². The number of nitro groups is 1. The maximum Gasteiger partial charge on any atom is 0.377 e. The molecule has 3 rings (SSSR count). The van der Waals surface area contributed by atoms with Crippen LogP contribution in [0.2, 0.25) is 0 Å². The van der Waals surface area contributed by atoms with Crippen molar-refractivity contribution in [2.24, 2.45) is 4.99 Å². The summed E-state index contributed by atoms with van der Waals surface area (Å²) in [6.07, 6.45) is 1.38. The van der Waals surface area contributed by atoms with Gasteiger partial charge < -0.3 is 18.5 Å². The highest BCUT2D eigenvalue weighted by molar-refractivity contribution is 8.00. The summed E-state index contributed by atoms with van der Waals surface area (Å²) in [6.45, 7) is 1.06. The van der Waals surface area contributed by atoms with Crippen LogP contribution in [-0.2, 0) is 32.7 Å². The van der Waals surface area contributed by atoms with Gasteiger partial charge in [-0.15, -0.1) is 11.8 Å². The van der Waals surface area contributed by atoms with Gasteiger partial charge in [-0.25, -0.2) is 4.99 Å². The number of thioether (sulfide) groups is 1. The fourth-order valence-electron chi connectivity index (χ4n) is 3.38. The van der Waals surface area contributed by atoms with Crippen LogP contribution in [-0.4, -0.2) is 72.7 Å². The van der Waals surface area contributed by atoms with Crippen LogP contribution in [0.4, 0.5) is 5.69 Å². The molecule has 12 nitrogen and oxygen atoms in total. The van der Waals surface area contributed by atoms with Crippen molar-refractivity contribution in [2.45, 2.75) is 18.0 Å². The molecule has 1 aromatic rings. The third kappa shape index (κ3) is 4.46. The van der Waals surface area contributed by atoms with Gasteiger partial charge in [0.15, 0.2) is 0 Å². The second-order valence-corrected chi connectivity index (χ2v) is 10.1. The number of benzene rings is 1. The second-order valence-electron chi connectivity index (χ2n) is 6.92. The number of nitro benzene ring substituents is 1. The van der Waals surface area contributed by atoms with Crippen molar-refractivity contribution in [1.82, 2.24) is 4.90 Å². The van der Waals surface area contributed by atoms with E-state index in [1.807, 2.05) is 0 Å². The number of carbonyl (C=O) groups is 2. The van der Waals surface area contributed by atoms with Gasteiger partial charge in [-0.1, -0.05) is 0 Å². The van der Waals surface area contributed by atoms with Crippen molar-refractivity contribution in [1.29, 1.82) is 0 Å². The number of amides is 1. The van der Waals surface area contributed by atoms with Gasteiger partial charge in [0.1, 0.15) is 17.4 Å². The molecule has 0 bridgehead atoms. The molecule has 0 aromatic heterocycles. The maximum absolute atomic E-state index is 13.3. The lowest BCUT2D eigenvalue weighted by molar-refractivity contribution is -0.384. The predicted octanol–water partition coefficient (Wildman–Crippen LogP) is 2.53. The first-order chi connectivity index (χ1) is 15.6. The molecule has 2 atom stereocenters. The molecule has 1 saturated heterocycles. The maximum atomic E-state index is 13.3. The van der Waals surface area contributed by atoms with Gasteiger partial charge in [0.05, 0.1) is 4.92 Å². The minimum absolute atomic E-state index is 0.000658. The zero-order valence-corrected chi connectivity index (χ0v) is 20.0. The van der Waals surface area contributed by atoms with Crippen LogP contribution in [0.5, 0.6) is 0 Å². The Morgan fingerprint density at radius 1 is 1.33 bits per heavy atom. The highest BCUT2D eigenvalue weighted by atomic mass is 32.2. The van der Waals surface area contributed by atoms with E-state index in [4.69, 9.17) is 18.5 Å². The van der Waals surface area contributed by atoms with E-state index in [-0.39, 0.29) is 23.5 Å². The van der Waals surface area contributed by atoms with Gasteiger partial charge in [-0.3, -0.25) is 29.2 Å². The number of carbonyl (C=O) groups excluding carboxylic acids is 2. The molecule has 2 aliphatic rings. The van der Waals surface area contributed by atoms with Crippen LogP contribution in [0.1, 0.15) is 12.5 Å². The molecule has 2 heterocycles. The molecule has 0 radical (unpaired) electrons. The first kappa shape index (κ1) is 25.1. The Bertz CT molecular complexity index is 1070. The van der Waals surface area contributed by atoms with E-state index in [0.717, 1.165) is 0 Å². The lowest BCUT2D eigenvalue weighted by Crippen LogP contribution is -2.73. The Morgan fingerprint density at radius 3 is 2.48 bits per heavy atom. The van der Waals surface area contributed by atoms with Crippen LogP contribution in [0.3, 0.4) is 0 Å². The average Bonchev–Trinajstić information content (AvgIpc) is 2.82. The van der Waals surface area contributed by atoms with E-state index in [2.05, 4.69) is 4.99 Å². The third-order valence-electron chi connectivity index (χ3n) is 5.06. The van der Waals surface area contributed by atoms with Crippen LogP contribution >= 0.6 is 19.4 Å². The van der Waals surface area contributed by atoms with Gasteiger partial charge in [0.25, 0.3) is 17.3 Å². The number of esters is 1. The molecule has 33 heavy (non-hydrogen) atoms. The number of ether oxygens (including phenoxy) is 2. The summed E-state index contributed by atoms with van der Waals surface area (Å²) in [4.78, 5) is 40.5. The van der Waals surface area contributed by atoms with Gasteiger partial charge in [0, 0.05) is 57.9 Å². The monoisotopic (exact) mass is 499 g/mol. The number of rotatable bonds is 9. The van der Waals surface area contributed by atoms with Gasteiger partial charge >= 0.3 is 13.6 Å². The van der Waals surface area contributed by atoms with Crippen LogP contribution in [0.15, 0.2) is 40.3 Å². The van der Waals surface area contributed by atoms with Crippen molar-refractivity contribution in [3.63, 3.8) is 0 Å². The molecule has 2 aliphatic heterocycles. The predicted molar refractivity (Wildman–Crippen MR) is 119 cm³/mol. The van der Waals surface area contributed by atoms with E-state index < -0.39 is 35.5 Å². The summed E-state index contributed by atoms with van der Waals surface area (Å²) in [5, 5.41) is 10.1. The quantitative estimate of drug-likeness (QED) is 0.124. The van der Waals surface area contributed by atoms with Gasteiger partial charge in [0.2, 0.25) is 0 Å². The third-order valence-corrected chi connectivity index (χ3v) is 8.44. The summed E-state index contributed by atoms with van der Waals surface area (Å²) < 4.78 is 34.1. The standard InChI is InChI=1S/C19H22N3O9PS/c1-12(23)31-10-14-11-33-18-19(28-2,17(24)21(18)16(14)32(27,29-3)30-4)20-9-13-5-7-15(8-6-13)22(25)26/h5-9,18H,10-11H2,1-4H3/b20-9+/t18-,19+/m1/s1. The number of nitrogens with zero attached hydrogens (tertiary/aromatic N) is 3. The average molecular weight is 499 g/mol. The molecule has 1 aromatic carbocycles. The lowest BCUT2D eigenvalue weighted by atomic mass is 10.0. The molecule has 1 fully saturated rings. The lowest BCUT2D eigenvalue weighted by Gasteiger charge is -2.54. The summed E-state index contributed by atoms with van der Waals surface area (Å²) in [5.41, 5.74) is -0.754. The Balaban J connectivity index is 1.96. The van der Waals surface area contributed by atoms with Crippen molar-refractivity contribution in [3.8, 4) is 0 Å². The smallest absolute Gasteiger partial charge is 0.377 e. The highest BCUT2D eigenvalue weighted by Gasteiger charge is 2.67. The van der Waals surface area contributed by atoms with E-state index in [0.29, 0.717) is 11.1 Å². The molecule has 0 unspecified atom stereocenters. The van der Waals surface area contributed by atoms with E-state index >= 15 is 0 Å². The van der Waals surface area contributed by atoms with Gasteiger partial charge in [-0.2, -0.15) is 0 Å². The van der Waals surface area contributed by atoms with Crippen molar-refractivity contribution < 1.29 is 37.6 Å². The Hall–Kier alpha value is -2.57. The summed E-state index contributed by atoms with van der Waals surface area (Å²) in [6, 6.07) is 5.63. The van der Waals surface area contributed by atoms with Crippen LogP contribution in [0.25, 0.3) is 0 Å². The van der Waals surface area contributed by atoms with Crippen molar-refractivity contribution in [3.05, 3.63) is 51.0 Å². The number of hydrogen-bond donors (Lipinski definition) is 0. The number of β-lactam (4-membered cyclic amide) rings is 1. The molecule has 1 amide bonds. The van der Waals surface area contributed by atoms with E-state index in [1.54, 1.807) is 0 Å². The zero-order chi connectivity index (χ0) is 24.4. The molecule has 14 heteroatoms. The zero-order valence-electron chi connectivity index (χ0n) is 18.2. The number of methoxy groups -OCH3 is 1. The van der Waals surface area contributed by atoms with Crippen LogP contribution < -0.4 is 0 Å². The fourth-order valence-corrected chi connectivity index (χ4v) is 6.48. The summed E-state index contributed by atoms with van der Waals surface area (Å²) in [5.74, 6) is -0.885. The number of aliphatic imine (C=N–C) groups is 1. The molecule has 0 spiro atoms. The van der Waals surface area contributed by atoms with Gasteiger partial charge in [-0.05, 0) is 17.7 Å². The molecular weight excluding hydrogens is 477 g/mol.